The molecule has 2 aromatic carbocycles. The fraction of sp³-hybridized carbons (Fsp3) is 0.0526. The molecule has 0 radical (unpaired) electrons. The molecule has 0 saturated carbocycles. The Bertz CT molecular complexity index is 851. The number of amides is 1. The van der Waals surface area contributed by atoms with E-state index in [1.54, 1.807) is 61.5 Å². The number of hydrogen-bond donors (Lipinski definition) is 1. The molecule has 3 aromatic rings. The first-order valence-corrected chi connectivity index (χ1v) is 7.36. The molecular weight excluding hydrogens is 306 g/mol. The van der Waals surface area contributed by atoms with E-state index < -0.39 is 5.97 Å². The molecule has 1 N–H and O–H groups in total. The number of nitrogens with one attached hydrogen (secondary N) is 1. The highest BCUT2D eigenvalue weighted by Gasteiger charge is 2.15. The van der Waals surface area contributed by atoms with Gasteiger partial charge in [0.1, 0.15) is 5.75 Å². The third kappa shape index (κ3) is 3.52. The van der Waals surface area contributed by atoms with Gasteiger partial charge < -0.3 is 14.5 Å². The Morgan fingerprint density at radius 3 is 2.29 bits per heavy atom. The first-order valence-electron chi connectivity index (χ1n) is 7.36. The van der Waals surface area contributed by atoms with E-state index in [9.17, 15) is 9.59 Å². The normalized spacial score (nSPS) is 10.2. The van der Waals surface area contributed by atoms with E-state index in [1.807, 2.05) is 6.07 Å². The highest BCUT2D eigenvalue weighted by molar-refractivity contribution is 6.04. The van der Waals surface area contributed by atoms with Gasteiger partial charge in [-0.25, -0.2) is 4.79 Å². The lowest BCUT2D eigenvalue weighted by atomic mass is 10.2. The quantitative estimate of drug-likeness (QED) is 0.581. The number of ether oxygens (including phenoxy) is 1. The summed E-state index contributed by atoms with van der Waals surface area (Å²) in [5.74, 6) is -0.213. The van der Waals surface area contributed by atoms with E-state index in [0.717, 1.165) is 0 Å². The van der Waals surface area contributed by atoms with Crippen LogP contribution < -0.4 is 10.1 Å². The van der Waals surface area contributed by atoms with Crippen LogP contribution in [0, 0.1) is 6.92 Å². The maximum atomic E-state index is 12.1. The molecule has 5 nitrogen and oxygen atoms in total. The zero-order valence-electron chi connectivity index (χ0n) is 13.0. The van der Waals surface area contributed by atoms with E-state index in [0.29, 0.717) is 22.6 Å². The Labute approximate surface area is 138 Å². The molecule has 0 fully saturated rings. The number of hydrogen-bond acceptors (Lipinski definition) is 4. The minimum Gasteiger partial charge on any atom is -0.457 e. The van der Waals surface area contributed by atoms with Crippen molar-refractivity contribution in [1.29, 1.82) is 0 Å². The summed E-state index contributed by atoms with van der Waals surface area (Å²) in [7, 11) is 0. The summed E-state index contributed by atoms with van der Waals surface area (Å²) in [4.78, 5) is 24.0. The first-order chi connectivity index (χ1) is 11.6. The Kier molecular flexibility index (Phi) is 4.43. The third-order valence-electron chi connectivity index (χ3n) is 3.41. The lowest BCUT2D eigenvalue weighted by Gasteiger charge is -2.07. The summed E-state index contributed by atoms with van der Waals surface area (Å²) >= 11 is 0. The van der Waals surface area contributed by atoms with Gasteiger partial charge in [0.25, 0.3) is 5.91 Å². The molecule has 0 atom stereocenters. The highest BCUT2D eigenvalue weighted by Crippen LogP contribution is 2.19. The smallest absolute Gasteiger partial charge is 0.379 e. The summed E-state index contributed by atoms with van der Waals surface area (Å²) in [6, 6.07) is 17.2. The van der Waals surface area contributed by atoms with Gasteiger partial charge in [-0.2, -0.15) is 0 Å². The summed E-state index contributed by atoms with van der Waals surface area (Å²) in [5.41, 5.74) is 1.89. The van der Waals surface area contributed by atoms with E-state index in [1.165, 1.54) is 6.26 Å². The van der Waals surface area contributed by atoms with Crippen molar-refractivity contribution in [3.05, 3.63) is 83.8 Å². The van der Waals surface area contributed by atoms with E-state index in [4.69, 9.17) is 9.15 Å². The van der Waals surface area contributed by atoms with Gasteiger partial charge >= 0.3 is 5.97 Å². The van der Waals surface area contributed by atoms with Crippen LogP contribution in [0.25, 0.3) is 0 Å². The van der Waals surface area contributed by atoms with Crippen LogP contribution in [0.1, 0.15) is 26.5 Å². The van der Waals surface area contributed by atoms with Crippen LogP contribution in [-0.4, -0.2) is 11.9 Å². The molecule has 1 aromatic heterocycles. The van der Waals surface area contributed by atoms with Crippen molar-refractivity contribution in [3.8, 4) is 5.75 Å². The number of anilines is 1. The molecule has 1 heterocycles. The molecule has 120 valence electrons. The van der Waals surface area contributed by atoms with Gasteiger partial charge in [-0.1, -0.05) is 18.2 Å². The zero-order chi connectivity index (χ0) is 16.9. The molecule has 0 aliphatic carbocycles. The molecule has 0 unspecified atom stereocenters. The van der Waals surface area contributed by atoms with Crippen molar-refractivity contribution in [1.82, 2.24) is 0 Å². The number of aryl methyl sites for hydroxylation is 1. The molecule has 5 heteroatoms. The lowest BCUT2D eigenvalue weighted by molar-refractivity contribution is 0.0700. The minimum atomic E-state index is -0.557. The maximum Gasteiger partial charge on any atom is 0.379 e. The van der Waals surface area contributed by atoms with Crippen LogP contribution in [0.3, 0.4) is 0 Å². The van der Waals surface area contributed by atoms with Gasteiger partial charge in [0.05, 0.1) is 6.26 Å². The van der Waals surface area contributed by atoms with Crippen LogP contribution in [0.4, 0.5) is 5.69 Å². The van der Waals surface area contributed by atoms with Gasteiger partial charge in [0.2, 0.25) is 5.76 Å². The van der Waals surface area contributed by atoms with Gasteiger partial charge in [0.15, 0.2) is 0 Å². The Hall–Kier alpha value is -3.34. The highest BCUT2D eigenvalue weighted by atomic mass is 16.5. The molecule has 0 saturated heterocycles. The number of carbonyl (C=O) groups excluding carboxylic acids is 2. The average molecular weight is 321 g/mol. The van der Waals surface area contributed by atoms with Gasteiger partial charge in [-0.15, -0.1) is 0 Å². The molecule has 24 heavy (non-hydrogen) atoms. The Morgan fingerprint density at radius 2 is 1.67 bits per heavy atom. The predicted octanol–water partition coefficient (Wildman–Crippen LogP) is 4.06. The summed E-state index contributed by atoms with van der Waals surface area (Å²) in [6.45, 7) is 1.77. The second-order valence-electron chi connectivity index (χ2n) is 5.17. The van der Waals surface area contributed by atoms with Crippen molar-refractivity contribution in [2.75, 3.05) is 5.32 Å². The number of benzene rings is 2. The minimum absolute atomic E-state index is 0.177. The van der Waals surface area contributed by atoms with Crippen LogP contribution >= 0.6 is 0 Å². The molecule has 1 amide bonds. The monoisotopic (exact) mass is 321 g/mol. The zero-order valence-corrected chi connectivity index (χ0v) is 13.0. The topological polar surface area (TPSA) is 68.5 Å². The van der Waals surface area contributed by atoms with Crippen molar-refractivity contribution in [2.24, 2.45) is 0 Å². The summed E-state index contributed by atoms with van der Waals surface area (Å²) < 4.78 is 10.3. The van der Waals surface area contributed by atoms with Gasteiger partial charge in [0, 0.05) is 16.8 Å². The first kappa shape index (κ1) is 15.6. The number of furan rings is 1. The fourth-order valence-corrected chi connectivity index (χ4v) is 2.13. The largest absolute Gasteiger partial charge is 0.457 e. The van der Waals surface area contributed by atoms with Crippen LogP contribution in [0.15, 0.2) is 71.3 Å². The van der Waals surface area contributed by atoms with Crippen molar-refractivity contribution < 1.29 is 18.7 Å². The number of rotatable bonds is 4. The summed E-state index contributed by atoms with van der Waals surface area (Å²) in [6.07, 6.45) is 1.44. The molecular formula is C19H15NO4. The van der Waals surface area contributed by atoms with E-state index >= 15 is 0 Å². The van der Waals surface area contributed by atoms with Crippen molar-refractivity contribution in [3.63, 3.8) is 0 Å². The average Bonchev–Trinajstić information content (AvgIpc) is 3.03. The summed E-state index contributed by atoms with van der Waals surface area (Å²) in [5, 5.41) is 2.78. The maximum absolute atomic E-state index is 12.1. The standard InChI is InChI=1S/C19H15NO4/c1-13-11-12-23-17(13)19(22)24-16-9-7-15(8-10-16)20-18(21)14-5-3-2-4-6-14/h2-12H,1H3,(H,20,21). The van der Waals surface area contributed by atoms with Gasteiger partial charge in [-0.3, -0.25) is 4.79 Å². The molecule has 0 aliphatic heterocycles. The van der Waals surface area contributed by atoms with Crippen molar-refractivity contribution in [2.45, 2.75) is 6.92 Å². The number of esters is 1. The van der Waals surface area contributed by atoms with Crippen LogP contribution in [-0.2, 0) is 0 Å². The molecule has 0 spiro atoms. The number of carbonyl (C=O) groups is 2. The predicted molar refractivity (Wildman–Crippen MR) is 89.2 cm³/mol. The fourth-order valence-electron chi connectivity index (χ4n) is 2.13. The second kappa shape index (κ2) is 6.83. The van der Waals surface area contributed by atoms with Gasteiger partial charge in [-0.05, 0) is 49.4 Å². The van der Waals surface area contributed by atoms with Crippen molar-refractivity contribution >= 4 is 17.6 Å². The Morgan fingerprint density at radius 1 is 0.958 bits per heavy atom. The van der Waals surface area contributed by atoms with Crippen LogP contribution in [0.2, 0.25) is 0 Å². The third-order valence-corrected chi connectivity index (χ3v) is 3.41. The SMILES string of the molecule is Cc1ccoc1C(=O)Oc1ccc(NC(=O)c2ccccc2)cc1. The van der Waals surface area contributed by atoms with Crippen LogP contribution in [0.5, 0.6) is 5.75 Å². The molecule has 0 aliphatic rings. The van der Waals surface area contributed by atoms with E-state index in [-0.39, 0.29) is 11.7 Å². The molecule has 3 rings (SSSR count). The molecule has 0 bridgehead atoms. The van der Waals surface area contributed by atoms with E-state index in [2.05, 4.69) is 5.32 Å². The lowest BCUT2D eigenvalue weighted by Crippen LogP contribution is -2.12. The second-order valence-corrected chi connectivity index (χ2v) is 5.17. The Balaban J connectivity index is 1.64.